The minimum Gasteiger partial charge on any atom is -0.460 e. The first-order chi connectivity index (χ1) is 15.2. The highest BCUT2D eigenvalue weighted by Crippen LogP contribution is 2.29. The van der Waals surface area contributed by atoms with Crippen LogP contribution in [0.5, 0.6) is 0 Å². The number of anilines is 1. The zero-order valence-corrected chi connectivity index (χ0v) is 18.6. The van der Waals surface area contributed by atoms with Crippen molar-refractivity contribution in [2.75, 3.05) is 31.6 Å². The number of pyridine rings is 1. The Morgan fingerprint density at radius 2 is 2.10 bits per heavy atom. The van der Waals surface area contributed by atoms with E-state index in [1.165, 1.54) is 0 Å². The van der Waals surface area contributed by atoms with E-state index in [1.807, 2.05) is 44.2 Å². The first-order valence-electron chi connectivity index (χ1n) is 10.7. The van der Waals surface area contributed by atoms with Gasteiger partial charge in [0.05, 0.1) is 30.9 Å². The number of terminal acetylenes is 1. The van der Waals surface area contributed by atoms with Crippen molar-refractivity contribution in [2.45, 2.75) is 33.2 Å². The average Bonchev–Trinajstić information content (AvgIpc) is 3.28. The molecule has 5 nitrogen and oxygen atoms in total. The first kappa shape index (κ1) is 22.6. The standard InChI is InChI=1S/C26H31N3O2/c1-5-8-9-10-21(6-2)24-19-25(26-23(28-24)13-16-31-26)27-22(7-3)12-11-20(4)29-14-17-30-18-15-29/h1,6-7,9-13,16,19-20H,8,14-15,17-18H2,2-4H3,(H,27,28)/b10-9-,12-11-,21-6+,22-7+. The molecule has 5 heteroatoms. The zero-order chi connectivity index (χ0) is 22.1. The van der Waals surface area contributed by atoms with Gasteiger partial charge in [-0.3, -0.25) is 4.90 Å². The van der Waals surface area contributed by atoms with E-state index >= 15 is 0 Å². The topological polar surface area (TPSA) is 50.5 Å². The van der Waals surface area contributed by atoms with Crippen LogP contribution in [0.2, 0.25) is 0 Å². The van der Waals surface area contributed by atoms with Crippen molar-refractivity contribution in [1.29, 1.82) is 0 Å². The van der Waals surface area contributed by atoms with E-state index in [2.05, 4.69) is 41.3 Å². The molecular weight excluding hydrogens is 386 g/mol. The SMILES string of the molecule is C#CC/C=C\C(=C/C)c1cc(NC(/C=C\C(C)N2CCOCC2)=C/C)c2occc2n1. The van der Waals surface area contributed by atoms with E-state index in [0.29, 0.717) is 12.5 Å². The van der Waals surface area contributed by atoms with Gasteiger partial charge in [0.15, 0.2) is 5.58 Å². The lowest BCUT2D eigenvalue weighted by Gasteiger charge is -2.30. The average molecular weight is 418 g/mol. The number of furan rings is 1. The molecule has 1 atom stereocenters. The molecule has 1 fully saturated rings. The van der Waals surface area contributed by atoms with Crippen LogP contribution in [0.15, 0.2) is 65.0 Å². The molecular formula is C26H31N3O2. The van der Waals surface area contributed by atoms with Crippen LogP contribution in [0.1, 0.15) is 32.9 Å². The monoisotopic (exact) mass is 417 g/mol. The number of ether oxygens (including phenoxy) is 1. The first-order valence-corrected chi connectivity index (χ1v) is 10.7. The summed E-state index contributed by atoms with van der Waals surface area (Å²) >= 11 is 0. The van der Waals surface area contributed by atoms with E-state index < -0.39 is 0 Å². The zero-order valence-electron chi connectivity index (χ0n) is 18.6. The Morgan fingerprint density at radius 3 is 2.81 bits per heavy atom. The third-order valence-corrected chi connectivity index (χ3v) is 5.32. The molecule has 31 heavy (non-hydrogen) atoms. The van der Waals surface area contributed by atoms with Crippen LogP contribution in [0.3, 0.4) is 0 Å². The van der Waals surface area contributed by atoms with Crippen LogP contribution in [-0.4, -0.2) is 42.2 Å². The van der Waals surface area contributed by atoms with Gasteiger partial charge >= 0.3 is 0 Å². The highest BCUT2D eigenvalue weighted by Gasteiger charge is 2.15. The second kappa shape index (κ2) is 11.4. The summed E-state index contributed by atoms with van der Waals surface area (Å²) in [4.78, 5) is 7.17. The number of allylic oxidation sites excluding steroid dienone is 6. The van der Waals surface area contributed by atoms with Gasteiger partial charge in [-0.1, -0.05) is 30.4 Å². The highest BCUT2D eigenvalue weighted by molar-refractivity contribution is 5.90. The van der Waals surface area contributed by atoms with Crippen molar-refractivity contribution >= 4 is 22.4 Å². The number of aromatic nitrogens is 1. The van der Waals surface area contributed by atoms with E-state index in [1.54, 1.807) is 6.26 Å². The molecule has 1 N–H and O–H groups in total. The molecule has 3 heterocycles. The van der Waals surface area contributed by atoms with Gasteiger partial charge in [-0.2, -0.15) is 0 Å². The summed E-state index contributed by atoms with van der Waals surface area (Å²) in [5.74, 6) is 2.63. The number of nitrogens with one attached hydrogen (secondary N) is 1. The van der Waals surface area contributed by atoms with Gasteiger partial charge in [0.1, 0.15) is 5.52 Å². The number of rotatable bonds is 8. The van der Waals surface area contributed by atoms with Gasteiger partial charge in [0.2, 0.25) is 0 Å². The molecule has 2 aromatic heterocycles. The number of nitrogens with zero attached hydrogens (tertiary/aromatic N) is 2. The Balaban J connectivity index is 1.83. The lowest BCUT2D eigenvalue weighted by molar-refractivity contribution is 0.0287. The van der Waals surface area contributed by atoms with Gasteiger partial charge in [-0.15, -0.1) is 12.3 Å². The number of hydrogen-bond donors (Lipinski definition) is 1. The van der Waals surface area contributed by atoms with Crippen LogP contribution in [0.25, 0.3) is 16.7 Å². The molecule has 0 spiro atoms. The van der Waals surface area contributed by atoms with Gasteiger partial charge in [-0.25, -0.2) is 4.98 Å². The maximum atomic E-state index is 5.72. The van der Waals surface area contributed by atoms with Gasteiger partial charge in [0.25, 0.3) is 0 Å². The van der Waals surface area contributed by atoms with Gasteiger partial charge in [-0.05, 0) is 38.5 Å². The third kappa shape index (κ3) is 5.97. The number of morpholine rings is 1. The molecule has 1 aliphatic rings. The maximum absolute atomic E-state index is 5.72. The molecule has 3 rings (SSSR count). The Kier molecular flexibility index (Phi) is 8.28. The van der Waals surface area contributed by atoms with Crippen LogP contribution >= 0.6 is 0 Å². The summed E-state index contributed by atoms with van der Waals surface area (Å²) in [5.41, 5.74) is 5.31. The molecule has 1 aliphatic heterocycles. The van der Waals surface area contributed by atoms with E-state index in [4.69, 9.17) is 20.6 Å². The van der Waals surface area contributed by atoms with Crippen molar-refractivity contribution in [3.8, 4) is 12.3 Å². The van der Waals surface area contributed by atoms with Crippen molar-refractivity contribution in [3.63, 3.8) is 0 Å². The minimum absolute atomic E-state index is 0.341. The van der Waals surface area contributed by atoms with Crippen LogP contribution < -0.4 is 5.32 Å². The fraction of sp³-hybridized carbons (Fsp3) is 0.346. The predicted molar refractivity (Wildman–Crippen MR) is 129 cm³/mol. The molecule has 0 saturated carbocycles. The van der Waals surface area contributed by atoms with Crippen LogP contribution in [0.4, 0.5) is 5.69 Å². The molecule has 0 bridgehead atoms. The smallest absolute Gasteiger partial charge is 0.175 e. The van der Waals surface area contributed by atoms with Crippen molar-refractivity contribution in [2.24, 2.45) is 0 Å². The molecule has 1 saturated heterocycles. The summed E-state index contributed by atoms with van der Waals surface area (Å²) in [6.45, 7) is 9.75. The van der Waals surface area contributed by atoms with E-state index in [0.717, 1.165) is 60.1 Å². The molecule has 0 radical (unpaired) electrons. The Morgan fingerprint density at radius 1 is 1.29 bits per heavy atom. The summed E-state index contributed by atoms with van der Waals surface area (Å²) in [6.07, 6.45) is 20.0. The summed E-state index contributed by atoms with van der Waals surface area (Å²) in [6, 6.07) is 4.24. The summed E-state index contributed by atoms with van der Waals surface area (Å²) in [5, 5.41) is 3.52. The second-order valence-corrected chi connectivity index (χ2v) is 7.36. The van der Waals surface area contributed by atoms with Crippen LogP contribution in [0, 0.1) is 12.3 Å². The molecule has 1 unspecified atom stereocenters. The fourth-order valence-electron chi connectivity index (χ4n) is 3.50. The maximum Gasteiger partial charge on any atom is 0.175 e. The molecule has 0 aromatic carbocycles. The fourth-order valence-corrected chi connectivity index (χ4v) is 3.50. The quantitative estimate of drug-likeness (QED) is 0.460. The van der Waals surface area contributed by atoms with Crippen molar-refractivity contribution < 1.29 is 9.15 Å². The Hall–Kier alpha value is -3.07. The van der Waals surface area contributed by atoms with E-state index in [9.17, 15) is 0 Å². The highest BCUT2D eigenvalue weighted by atomic mass is 16.5. The minimum atomic E-state index is 0.341. The van der Waals surface area contributed by atoms with Gasteiger partial charge < -0.3 is 14.5 Å². The normalized spacial score (nSPS) is 17.5. The molecule has 2 aromatic rings. The lowest BCUT2D eigenvalue weighted by atomic mass is 10.1. The second-order valence-electron chi connectivity index (χ2n) is 7.36. The molecule has 0 aliphatic carbocycles. The Labute approximate surface area is 185 Å². The Bertz CT molecular complexity index is 1030. The third-order valence-electron chi connectivity index (χ3n) is 5.32. The molecule has 0 amide bonds. The van der Waals surface area contributed by atoms with E-state index in [-0.39, 0.29) is 0 Å². The van der Waals surface area contributed by atoms with Crippen LogP contribution in [-0.2, 0) is 4.74 Å². The number of fused-ring (bicyclic) bond motifs is 1. The van der Waals surface area contributed by atoms with Crippen molar-refractivity contribution in [3.05, 3.63) is 66.2 Å². The summed E-state index contributed by atoms with van der Waals surface area (Å²) in [7, 11) is 0. The predicted octanol–water partition coefficient (Wildman–Crippen LogP) is 5.40. The largest absolute Gasteiger partial charge is 0.460 e. The molecule has 162 valence electrons. The van der Waals surface area contributed by atoms with Crippen molar-refractivity contribution in [1.82, 2.24) is 9.88 Å². The lowest BCUT2D eigenvalue weighted by Crippen LogP contribution is -2.41. The van der Waals surface area contributed by atoms with Gasteiger partial charge in [0, 0.05) is 37.3 Å². The summed E-state index contributed by atoms with van der Waals surface area (Å²) < 4.78 is 11.2. The number of hydrogen-bond acceptors (Lipinski definition) is 5.